The highest BCUT2D eigenvalue weighted by atomic mass is 16.3. The van der Waals surface area contributed by atoms with Crippen LogP contribution in [-0.2, 0) is 13.1 Å². The highest BCUT2D eigenvalue weighted by Crippen LogP contribution is 2.32. The zero-order valence-corrected chi connectivity index (χ0v) is 19.7. The van der Waals surface area contributed by atoms with Crippen LogP contribution in [0, 0.1) is 0 Å². The topological polar surface area (TPSA) is 46.9 Å². The van der Waals surface area contributed by atoms with Gasteiger partial charge in [0.25, 0.3) is 0 Å². The summed E-state index contributed by atoms with van der Waals surface area (Å²) in [6.45, 7) is 10.3. The first kappa shape index (κ1) is 22.9. The third-order valence-corrected chi connectivity index (χ3v) is 7.28. The number of piperidine rings is 2. The summed E-state index contributed by atoms with van der Waals surface area (Å²) in [6.07, 6.45) is 7.65. The van der Waals surface area contributed by atoms with Gasteiger partial charge in [-0.15, -0.1) is 0 Å². The van der Waals surface area contributed by atoms with Crippen LogP contribution in [0.15, 0.2) is 36.4 Å². The molecule has 2 heterocycles. The molecule has 0 radical (unpaired) electrons. The third kappa shape index (κ3) is 5.54. The number of phenolic OH excluding ortho intramolecular Hbond substituents is 2. The molecule has 0 atom stereocenters. The van der Waals surface area contributed by atoms with E-state index >= 15 is 0 Å². The summed E-state index contributed by atoms with van der Waals surface area (Å²) in [4.78, 5) is 4.86. The summed E-state index contributed by atoms with van der Waals surface area (Å²) < 4.78 is 0. The largest absolute Gasteiger partial charge is 0.508 e. The van der Waals surface area contributed by atoms with Gasteiger partial charge in [-0.3, -0.25) is 9.80 Å². The van der Waals surface area contributed by atoms with Crippen molar-refractivity contribution in [2.24, 2.45) is 0 Å². The van der Waals surface area contributed by atoms with Crippen LogP contribution >= 0.6 is 0 Å². The van der Waals surface area contributed by atoms with Crippen LogP contribution in [0.2, 0.25) is 0 Å². The van der Waals surface area contributed by atoms with E-state index in [0.717, 1.165) is 72.7 Å². The molecule has 0 aromatic heterocycles. The number of rotatable bonds is 6. The van der Waals surface area contributed by atoms with Gasteiger partial charge in [-0.2, -0.15) is 0 Å². The maximum atomic E-state index is 10.7. The van der Waals surface area contributed by atoms with Crippen molar-refractivity contribution in [3.05, 3.63) is 58.7 Å². The molecule has 2 N–H and O–H groups in total. The first-order chi connectivity index (χ1) is 15.5. The van der Waals surface area contributed by atoms with Gasteiger partial charge in [-0.1, -0.05) is 37.1 Å². The lowest BCUT2D eigenvalue weighted by molar-refractivity contribution is 0.218. The number of phenols is 2. The van der Waals surface area contributed by atoms with E-state index in [4.69, 9.17) is 0 Å². The van der Waals surface area contributed by atoms with Crippen molar-refractivity contribution >= 4 is 11.1 Å². The van der Waals surface area contributed by atoms with Gasteiger partial charge in [0.2, 0.25) is 0 Å². The lowest BCUT2D eigenvalue weighted by Gasteiger charge is -2.27. The molecule has 0 bridgehead atoms. The van der Waals surface area contributed by atoms with Gasteiger partial charge in [0.1, 0.15) is 11.5 Å². The molecule has 0 unspecified atom stereocenters. The predicted octanol–water partition coefficient (Wildman–Crippen LogP) is 6.02. The Morgan fingerprint density at radius 1 is 0.625 bits per heavy atom. The van der Waals surface area contributed by atoms with E-state index in [1.807, 2.05) is 12.1 Å². The molecule has 2 saturated heterocycles. The minimum absolute atomic E-state index is 0.375. The summed E-state index contributed by atoms with van der Waals surface area (Å²) in [6, 6.07) is 12.1. The standard InChI is InChI=1S/C28H38N2O2/c1-21(23-9-11-25(27(31)17-23)19-29-13-5-3-6-14-29)22(2)24-10-12-26(28(32)18-24)20-30-15-7-4-8-16-30/h9-12,17-18,31-32H,3-8,13-16,19-20H2,1-2H3/b22-21+. The van der Waals surface area contributed by atoms with Crippen LogP contribution in [0.4, 0.5) is 0 Å². The number of hydrogen-bond acceptors (Lipinski definition) is 4. The first-order valence-corrected chi connectivity index (χ1v) is 12.3. The van der Waals surface area contributed by atoms with Crippen LogP contribution in [0.5, 0.6) is 11.5 Å². The summed E-state index contributed by atoms with van der Waals surface area (Å²) in [7, 11) is 0. The summed E-state index contributed by atoms with van der Waals surface area (Å²) in [5, 5.41) is 21.3. The lowest BCUT2D eigenvalue weighted by atomic mass is 9.95. The van der Waals surface area contributed by atoms with Crippen LogP contribution in [0.1, 0.15) is 74.6 Å². The summed E-state index contributed by atoms with van der Waals surface area (Å²) in [5.41, 5.74) is 6.29. The third-order valence-electron chi connectivity index (χ3n) is 7.28. The molecule has 0 aliphatic carbocycles. The number of nitrogens with zero attached hydrogens (tertiary/aromatic N) is 2. The van der Waals surface area contributed by atoms with Gasteiger partial charge in [0.05, 0.1) is 0 Å². The molecular formula is C28H38N2O2. The molecule has 2 aromatic rings. The zero-order chi connectivity index (χ0) is 22.5. The molecule has 2 aliphatic heterocycles. The second kappa shape index (κ2) is 10.5. The predicted molar refractivity (Wildman–Crippen MR) is 133 cm³/mol. The fraction of sp³-hybridized carbons (Fsp3) is 0.500. The number of benzene rings is 2. The minimum Gasteiger partial charge on any atom is -0.508 e. The second-order valence-electron chi connectivity index (χ2n) is 9.61. The molecule has 4 nitrogen and oxygen atoms in total. The molecule has 2 aliphatic rings. The Labute approximate surface area is 193 Å². The van der Waals surface area contributed by atoms with Crippen molar-refractivity contribution in [3.8, 4) is 11.5 Å². The number of likely N-dealkylation sites (tertiary alicyclic amines) is 2. The van der Waals surface area contributed by atoms with Crippen molar-refractivity contribution in [3.63, 3.8) is 0 Å². The molecule has 0 amide bonds. The molecule has 172 valence electrons. The fourth-order valence-corrected chi connectivity index (χ4v) is 5.01. The molecular weight excluding hydrogens is 396 g/mol. The van der Waals surface area contributed by atoms with E-state index in [2.05, 4.69) is 47.9 Å². The molecule has 4 heteroatoms. The fourth-order valence-electron chi connectivity index (χ4n) is 5.01. The van der Waals surface area contributed by atoms with Gasteiger partial charge in [-0.25, -0.2) is 0 Å². The van der Waals surface area contributed by atoms with Gasteiger partial charge in [0, 0.05) is 24.2 Å². The van der Waals surface area contributed by atoms with Crippen molar-refractivity contribution < 1.29 is 10.2 Å². The highest BCUT2D eigenvalue weighted by Gasteiger charge is 2.15. The quantitative estimate of drug-likeness (QED) is 0.546. The monoisotopic (exact) mass is 434 g/mol. The van der Waals surface area contributed by atoms with E-state index in [-0.39, 0.29) is 0 Å². The number of hydrogen-bond donors (Lipinski definition) is 2. The average Bonchev–Trinajstić information content (AvgIpc) is 2.82. The normalized spacial score (nSPS) is 19.1. The van der Waals surface area contributed by atoms with E-state index in [9.17, 15) is 10.2 Å². The summed E-state index contributed by atoms with van der Waals surface area (Å²) in [5.74, 6) is 0.750. The second-order valence-corrected chi connectivity index (χ2v) is 9.61. The van der Waals surface area contributed by atoms with E-state index in [0.29, 0.717) is 11.5 Å². The lowest BCUT2D eigenvalue weighted by Crippen LogP contribution is -2.29. The maximum Gasteiger partial charge on any atom is 0.120 e. The molecule has 32 heavy (non-hydrogen) atoms. The van der Waals surface area contributed by atoms with Crippen molar-refractivity contribution in [1.82, 2.24) is 9.80 Å². The highest BCUT2D eigenvalue weighted by molar-refractivity contribution is 5.89. The van der Waals surface area contributed by atoms with E-state index < -0.39 is 0 Å². The Bertz CT molecular complexity index is 876. The van der Waals surface area contributed by atoms with E-state index in [1.165, 1.54) is 38.5 Å². The van der Waals surface area contributed by atoms with Crippen LogP contribution in [0.25, 0.3) is 11.1 Å². The maximum absolute atomic E-state index is 10.7. The molecule has 4 rings (SSSR count). The van der Waals surface area contributed by atoms with Gasteiger partial charge >= 0.3 is 0 Å². The Morgan fingerprint density at radius 2 is 1.00 bits per heavy atom. The number of allylic oxidation sites excluding steroid dienone is 2. The zero-order valence-electron chi connectivity index (χ0n) is 19.7. The van der Waals surface area contributed by atoms with E-state index in [1.54, 1.807) is 0 Å². The van der Waals surface area contributed by atoms with Crippen molar-refractivity contribution in [2.45, 2.75) is 65.5 Å². The Hall–Kier alpha value is -2.30. The molecule has 0 saturated carbocycles. The SMILES string of the molecule is C/C(=C(/C)c1ccc(CN2CCCCC2)c(O)c1)c1ccc(CN2CCCCC2)c(O)c1. The molecule has 2 fully saturated rings. The Morgan fingerprint density at radius 3 is 1.34 bits per heavy atom. The molecule has 2 aromatic carbocycles. The van der Waals surface area contributed by atoms with Crippen LogP contribution in [0.3, 0.4) is 0 Å². The van der Waals surface area contributed by atoms with Crippen LogP contribution in [-0.4, -0.2) is 46.2 Å². The van der Waals surface area contributed by atoms with Gasteiger partial charge in [0.15, 0.2) is 0 Å². The Kier molecular flexibility index (Phi) is 7.54. The first-order valence-electron chi connectivity index (χ1n) is 12.3. The van der Waals surface area contributed by atoms with Gasteiger partial charge in [-0.05, 0) is 100 Å². The van der Waals surface area contributed by atoms with Crippen LogP contribution < -0.4 is 0 Å². The Balaban J connectivity index is 1.48. The smallest absolute Gasteiger partial charge is 0.120 e. The van der Waals surface area contributed by atoms with Crippen molar-refractivity contribution in [1.29, 1.82) is 0 Å². The molecule has 0 spiro atoms. The van der Waals surface area contributed by atoms with Gasteiger partial charge < -0.3 is 10.2 Å². The number of aromatic hydroxyl groups is 2. The van der Waals surface area contributed by atoms with Crippen molar-refractivity contribution in [2.75, 3.05) is 26.2 Å². The minimum atomic E-state index is 0.375. The summed E-state index contributed by atoms with van der Waals surface area (Å²) >= 11 is 0. The average molecular weight is 435 g/mol.